The summed E-state index contributed by atoms with van der Waals surface area (Å²) in [6, 6.07) is 7.02. The molecule has 4 saturated heterocycles. The third-order valence-corrected chi connectivity index (χ3v) is 7.67. The Balaban J connectivity index is 1.35. The van der Waals surface area contributed by atoms with E-state index < -0.39 is 0 Å². The molecule has 5 heterocycles. The maximum Gasteiger partial charge on any atom is 0.233 e. The number of hydrogen-bond donors (Lipinski definition) is 3. The van der Waals surface area contributed by atoms with Gasteiger partial charge in [0.2, 0.25) is 17.8 Å². The van der Waals surface area contributed by atoms with Gasteiger partial charge in [-0.2, -0.15) is 15.0 Å². The summed E-state index contributed by atoms with van der Waals surface area (Å²) < 4.78 is 5.40. The molecule has 0 amide bonds. The molecule has 0 radical (unpaired) electrons. The zero-order valence-corrected chi connectivity index (χ0v) is 20.7. The van der Waals surface area contributed by atoms with Crippen LogP contribution in [0.3, 0.4) is 0 Å². The SMILES string of the molecule is CCC1CCCN1CNc1nc(Nc2ccc(OC)c(C)c2)nc(NC2CN3CCC2CC3)n1. The van der Waals surface area contributed by atoms with Gasteiger partial charge in [-0.05, 0) is 81.8 Å². The van der Waals surface area contributed by atoms with Gasteiger partial charge in [0.25, 0.3) is 0 Å². The molecule has 2 bridgehead atoms. The van der Waals surface area contributed by atoms with Gasteiger partial charge in [0.1, 0.15) is 5.75 Å². The van der Waals surface area contributed by atoms with Crippen LogP contribution in [0.5, 0.6) is 5.75 Å². The van der Waals surface area contributed by atoms with Gasteiger partial charge in [-0.3, -0.25) is 4.90 Å². The minimum atomic E-state index is 0.386. The second-order valence-electron chi connectivity index (χ2n) is 9.86. The first-order valence-corrected chi connectivity index (χ1v) is 12.8. The lowest BCUT2D eigenvalue weighted by Gasteiger charge is -2.44. The number of aryl methyl sites for hydroxylation is 1. The Hall–Kier alpha value is -2.65. The van der Waals surface area contributed by atoms with Gasteiger partial charge in [-0.15, -0.1) is 0 Å². The number of nitrogens with zero attached hydrogens (tertiary/aromatic N) is 5. The van der Waals surface area contributed by atoms with E-state index >= 15 is 0 Å². The number of ether oxygens (including phenoxy) is 1. The van der Waals surface area contributed by atoms with Crippen molar-refractivity contribution in [3.63, 3.8) is 0 Å². The number of piperidine rings is 3. The molecule has 1 aromatic heterocycles. The number of anilines is 4. The Kier molecular flexibility index (Phi) is 7.01. The van der Waals surface area contributed by atoms with Crippen molar-refractivity contribution in [2.45, 2.75) is 58.0 Å². The van der Waals surface area contributed by atoms with Crippen molar-refractivity contribution in [2.24, 2.45) is 5.92 Å². The molecule has 9 nitrogen and oxygen atoms in total. The van der Waals surface area contributed by atoms with E-state index in [4.69, 9.17) is 19.7 Å². The fourth-order valence-corrected chi connectivity index (χ4v) is 5.69. The Labute approximate surface area is 202 Å². The summed E-state index contributed by atoms with van der Waals surface area (Å²) in [6.07, 6.45) is 6.20. The molecule has 6 rings (SSSR count). The molecule has 9 heteroatoms. The normalized spacial score (nSPS) is 26.4. The topological polar surface area (TPSA) is 90.5 Å². The van der Waals surface area contributed by atoms with Crippen LogP contribution in [0.15, 0.2) is 18.2 Å². The van der Waals surface area contributed by atoms with Crippen LogP contribution in [-0.4, -0.2) is 76.8 Å². The number of aromatic nitrogens is 3. The highest BCUT2D eigenvalue weighted by atomic mass is 16.5. The summed E-state index contributed by atoms with van der Waals surface area (Å²) in [7, 11) is 1.69. The van der Waals surface area contributed by atoms with Crippen molar-refractivity contribution < 1.29 is 4.74 Å². The second kappa shape index (κ2) is 10.3. The Morgan fingerprint density at radius 1 is 1.03 bits per heavy atom. The zero-order valence-electron chi connectivity index (χ0n) is 20.7. The van der Waals surface area contributed by atoms with Crippen molar-refractivity contribution >= 4 is 23.5 Å². The molecule has 34 heavy (non-hydrogen) atoms. The zero-order chi connectivity index (χ0) is 23.5. The van der Waals surface area contributed by atoms with E-state index in [1.54, 1.807) is 7.11 Å². The lowest BCUT2D eigenvalue weighted by molar-refractivity contribution is 0.0972. The molecule has 2 unspecified atom stereocenters. The second-order valence-corrected chi connectivity index (χ2v) is 9.86. The van der Waals surface area contributed by atoms with E-state index in [1.807, 2.05) is 25.1 Å². The lowest BCUT2D eigenvalue weighted by Crippen LogP contribution is -2.53. The molecule has 2 atom stereocenters. The molecular formula is C25H38N8O. The highest BCUT2D eigenvalue weighted by molar-refractivity contribution is 5.58. The molecule has 4 aliphatic heterocycles. The molecule has 4 aliphatic rings. The van der Waals surface area contributed by atoms with Crippen LogP contribution in [0.25, 0.3) is 0 Å². The smallest absolute Gasteiger partial charge is 0.233 e. The van der Waals surface area contributed by atoms with Crippen molar-refractivity contribution in [1.82, 2.24) is 24.8 Å². The Morgan fingerprint density at radius 2 is 1.82 bits per heavy atom. The lowest BCUT2D eigenvalue weighted by atomic mass is 9.84. The van der Waals surface area contributed by atoms with Crippen LogP contribution in [0.1, 0.15) is 44.6 Å². The predicted molar refractivity (Wildman–Crippen MR) is 136 cm³/mol. The fraction of sp³-hybridized carbons (Fsp3) is 0.640. The Morgan fingerprint density at radius 3 is 2.53 bits per heavy atom. The summed E-state index contributed by atoms with van der Waals surface area (Å²) >= 11 is 0. The molecule has 0 aliphatic carbocycles. The van der Waals surface area contributed by atoms with E-state index in [9.17, 15) is 0 Å². The van der Waals surface area contributed by atoms with Crippen molar-refractivity contribution in [1.29, 1.82) is 0 Å². The van der Waals surface area contributed by atoms with Crippen LogP contribution in [-0.2, 0) is 0 Å². The minimum absolute atomic E-state index is 0.386. The largest absolute Gasteiger partial charge is 0.496 e. The van der Waals surface area contributed by atoms with E-state index in [-0.39, 0.29) is 0 Å². The van der Waals surface area contributed by atoms with Crippen molar-refractivity contribution in [3.05, 3.63) is 23.8 Å². The third kappa shape index (κ3) is 5.20. The van der Waals surface area contributed by atoms with Gasteiger partial charge in [0.05, 0.1) is 13.8 Å². The summed E-state index contributed by atoms with van der Waals surface area (Å²) in [6.45, 7) is 9.66. The summed E-state index contributed by atoms with van der Waals surface area (Å²) in [5, 5.41) is 10.5. The quantitative estimate of drug-likeness (QED) is 0.512. The number of methoxy groups -OCH3 is 1. The van der Waals surface area contributed by atoms with Crippen molar-refractivity contribution in [3.8, 4) is 5.75 Å². The van der Waals surface area contributed by atoms with E-state index in [0.29, 0.717) is 35.8 Å². The summed E-state index contributed by atoms with van der Waals surface area (Å²) in [5.74, 6) is 3.34. The van der Waals surface area contributed by atoms with E-state index in [2.05, 4.69) is 32.7 Å². The number of rotatable bonds is 9. The maximum atomic E-state index is 5.40. The van der Waals surface area contributed by atoms with Crippen LogP contribution < -0.4 is 20.7 Å². The number of benzene rings is 1. The standard InChI is InChI=1S/C25H38N8O/c1-4-20-6-5-11-33(20)16-26-23-29-24(27-19-7-8-22(34-3)17(2)14-19)31-25(30-23)28-21-15-32-12-9-18(21)10-13-32/h7-8,14,18,20-21H,4-6,9-13,15-16H2,1-3H3,(H3,26,27,28,29,30,31). The van der Waals surface area contributed by atoms with Crippen LogP contribution in [0.2, 0.25) is 0 Å². The first-order chi connectivity index (χ1) is 16.6. The van der Waals surface area contributed by atoms with Gasteiger partial charge in [0, 0.05) is 30.9 Å². The molecule has 0 spiro atoms. The number of likely N-dealkylation sites (tertiary alicyclic amines) is 1. The van der Waals surface area contributed by atoms with E-state index in [0.717, 1.165) is 36.8 Å². The fourth-order valence-electron chi connectivity index (χ4n) is 5.69. The molecule has 0 saturated carbocycles. The van der Waals surface area contributed by atoms with Crippen molar-refractivity contribution in [2.75, 3.05) is 55.9 Å². The monoisotopic (exact) mass is 466 g/mol. The van der Waals surface area contributed by atoms with Gasteiger partial charge in [-0.1, -0.05) is 6.92 Å². The van der Waals surface area contributed by atoms with Crippen LogP contribution in [0, 0.1) is 12.8 Å². The number of nitrogens with one attached hydrogen (secondary N) is 3. The average Bonchev–Trinajstić information content (AvgIpc) is 3.31. The summed E-state index contributed by atoms with van der Waals surface area (Å²) in [5.41, 5.74) is 1.99. The highest BCUT2D eigenvalue weighted by Crippen LogP contribution is 2.30. The number of hydrogen-bond acceptors (Lipinski definition) is 9. The first-order valence-electron chi connectivity index (χ1n) is 12.8. The minimum Gasteiger partial charge on any atom is -0.496 e. The molecule has 184 valence electrons. The maximum absolute atomic E-state index is 5.40. The summed E-state index contributed by atoms with van der Waals surface area (Å²) in [4.78, 5) is 19.2. The predicted octanol–water partition coefficient (Wildman–Crippen LogP) is 3.68. The van der Waals surface area contributed by atoms with Crippen LogP contribution >= 0.6 is 0 Å². The highest BCUT2D eigenvalue weighted by Gasteiger charge is 2.34. The molecular weight excluding hydrogens is 428 g/mol. The molecule has 1 aromatic carbocycles. The Bertz CT molecular complexity index is 977. The van der Waals surface area contributed by atoms with Gasteiger partial charge < -0.3 is 25.6 Å². The third-order valence-electron chi connectivity index (χ3n) is 7.67. The van der Waals surface area contributed by atoms with E-state index in [1.165, 1.54) is 45.2 Å². The molecule has 2 aromatic rings. The van der Waals surface area contributed by atoms with Gasteiger partial charge in [-0.25, -0.2) is 0 Å². The van der Waals surface area contributed by atoms with Gasteiger partial charge >= 0.3 is 0 Å². The van der Waals surface area contributed by atoms with Gasteiger partial charge in [0.15, 0.2) is 0 Å². The number of fused-ring (bicyclic) bond motifs is 3. The molecule has 4 fully saturated rings. The first kappa shape index (κ1) is 23.1. The average molecular weight is 467 g/mol. The van der Waals surface area contributed by atoms with Crippen LogP contribution in [0.4, 0.5) is 23.5 Å². The molecule has 3 N–H and O–H groups in total.